The van der Waals surface area contributed by atoms with Gasteiger partial charge >= 0.3 is 5.97 Å². The molecule has 0 bridgehead atoms. The largest absolute Gasteiger partial charge is 0.479 e. The van der Waals surface area contributed by atoms with Crippen molar-refractivity contribution in [3.05, 3.63) is 48.0 Å². The van der Waals surface area contributed by atoms with E-state index in [4.69, 9.17) is 0 Å². The number of anilines is 1. The first-order chi connectivity index (χ1) is 11.2. The number of nitrogens with zero attached hydrogens (tertiary/aromatic N) is 2. The topological polar surface area (TPSA) is 84.2 Å². The zero-order valence-electron chi connectivity index (χ0n) is 13.8. The summed E-state index contributed by atoms with van der Waals surface area (Å²) in [5, 5.41) is 15.8. The van der Waals surface area contributed by atoms with Crippen molar-refractivity contribution in [1.29, 1.82) is 0 Å². The van der Waals surface area contributed by atoms with Crippen LogP contribution in [0.5, 0.6) is 0 Å². The molecule has 7 heteroatoms. The number of hydrogen-bond acceptors (Lipinski definition) is 3. The third-order valence-electron chi connectivity index (χ3n) is 3.89. The number of aliphatic carboxylic acids is 1. The molecule has 1 aromatic carbocycles. The number of benzene rings is 1. The second-order valence-corrected chi connectivity index (χ2v) is 6.21. The van der Waals surface area contributed by atoms with E-state index in [0.717, 1.165) is 0 Å². The highest BCUT2D eigenvalue weighted by Gasteiger charge is 2.30. The van der Waals surface area contributed by atoms with E-state index in [-0.39, 0.29) is 24.1 Å². The van der Waals surface area contributed by atoms with Gasteiger partial charge in [-0.2, -0.15) is 5.10 Å². The Balaban J connectivity index is 2.02. The molecule has 0 radical (unpaired) electrons. The van der Waals surface area contributed by atoms with Crippen LogP contribution >= 0.6 is 0 Å². The molecule has 0 aliphatic carbocycles. The Labute approximate surface area is 139 Å². The molecule has 1 atom stereocenters. The van der Waals surface area contributed by atoms with Crippen LogP contribution in [0.4, 0.5) is 10.1 Å². The Morgan fingerprint density at radius 2 is 2.04 bits per heavy atom. The van der Waals surface area contributed by atoms with Crippen molar-refractivity contribution in [3.63, 3.8) is 0 Å². The zero-order chi connectivity index (χ0) is 17.9. The average Bonchev–Trinajstić information content (AvgIpc) is 2.96. The van der Waals surface area contributed by atoms with Gasteiger partial charge in [0.15, 0.2) is 5.54 Å². The van der Waals surface area contributed by atoms with Gasteiger partial charge in [-0.1, -0.05) is 25.1 Å². The van der Waals surface area contributed by atoms with E-state index in [9.17, 15) is 19.1 Å². The zero-order valence-corrected chi connectivity index (χ0v) is 13.8. The Morgan fingerprint density at radius 1 is 1.38 bits per heavy atom. The van der Waals surface area contributed by atoms with E-state index in [1.165, 1.54) is 37.0 Å². The summed E-state index contributed by atoms with van der Waals surface area (Å²) in [4.78, 5) is 23.3. The first-order valence-corrected chi connectivity index (χ1v) is 7.54. The fourth-order valence-electron chi connectivity index (χ4n) is 2.27. The predicted octanol–water partition coefficient (Wildman–Crippen LogP) is 2.97. The first kappa shape index (κ1) is 17.7. The number of halogens is 1. The number of aromatic nitrogens is 2. The molecule has 2 aromatic rings. The minimum atomic E-state index is -1.22. The quantitative estimate of drug-likeness (QED) is 0.851. The molecule has 2 rings (SSSR count). The van der Waals surface area contributed by atoms with Gasteiger partial charge in [0.05, 0.1) is 11.9 Å². The van der Waals surface area contributed by atoms with Crippen molar-refractivity contribution in [2.45, 2.75) is 38.6 Å². The number of carboxylic acids is 1. The molecule has 0 aliphatic rings. The number of carbonyl (C=O) groups excluding carboxylic acids is 1. The molecule has 1 aromatic heterocycles. The molecule has 0 saturated carbocycles. The van der Waals surface area contributed by atoms with E-state index in [1.807, 2.05) is 0 Å². The summed E-state index contributed by atoms with van der Waals surface area (Å²) in [6, 6.07) is 6.34. The number of hydrogen-bond donors (Lipinski definition) is 2. The minimum Gasteiger partial charge on any atom is -0.479 e. The minimum absolute atomic E-state index is 0.106. The number of carbonyl (C=O) groups is 2. The summed E-state index contributed by atoms with van der Waals surface area (Å²) < 4.78 is 15.0. The fourth-order valence-corrected chi connectivity index (χ4v) is 2.27. The van der Waals surface area contributed by atoms with Gasteiger partial charge in [-0.3, -0.25) is 9.48 Å². The predicted molar refractivity (Wildman–Crippen MR) is 87.2 cm³/mol. The molecule has 6 nitrogen and oxygen atoms in total. The summed E-state index contributed by atoms with van der Waals surface area (Å²) in [7, 11) is 0. The number of rotatable bonds is 6. The van der Waals surface area contributed by atoms with Crippen LogP contribution in [0.3, 0.4) is 0 Å². The lowest BCUT2D eigenvalue weighted by Crippen LogP contribution is -2.35. The Kier molecular flexibility index (Phi) is 5.02. The molecule has 1 unspecified atom stereocenters. The summed E-state index contributed by atoms with van der Waals surface area (Å²) in [5.74, 6) is -1.94. The van der Waals surface area contributed by atoms with E-state index >= 15 is 0 Å². The van der Waals surface area contributed by atoms with Gasteiger partial charge in [-0.25, -0.2) is 9.18 Å². The van der Waals surface area contributed by atoms with Crippen LogP contribution in [0.15, 0.2) is 36.7 Å². The molecule has 0 aliphatic heterocycles. The lowest BCUT2D eigenvalue weighted by atomic mass is 9.97. The van der Waals surface area contributed by atoms with E-state index < -0.39 is 11.5 Å². The highest BCUT2D eigenvalue weighted by atomic mass is 19.1. The molecule has 0 fully saturated rings. The van der Waals surface area contributed by atoms with Crippen molar-refractivity contribution in [1.82, 2.24) is 9.78 Å². The van der Waals surface area contributed by atoms with Gasteiger partial charge in [-0.05, 0) is 31.4 Å². The normalized spacial score (nSPS) is 12.7. The molecule has 0 saturated heterocycles. The van der Waals surface area contributed by atoms with Crippen LogP contribution in [0, 0.1) is 5.82 Å². The SMILES string of the molecule is CC(CC(=O)Nc1cnn(C(C)(C)C(=O)O)c1)c1ccccc1F. The van der Waals surface area contributed by atoms with E-state index in [1.54, 1.807) is 25.1 Å². The Hall–Kier alpha value is -2.70. The van der Waals surface area contributed by atoms with Crippen molar-refractivity contribution < 1.29 is 19.1 Å². The summed E-state index contributed by atoms with van der Waals surface area (Å²) >= 11 is 0. The van der Waals surface area contributed by atoms with E-state index in [2.05, 4.69) is 10.4 Å². The van der Waals surface area contributed by atoms with Crippen LogP contribution in [-0.2, 0) is 15.1 Å². The summed E-state index contributed by atoms with van der Waals surface area (Å²) in [5.41, 5.74) is -0.339. The molecule has 2 N–H and O–H groups in total. The monoisotopic (exact) mass is 333 g/mol. The molecular formula is C17H20FN3O3. The molecule has 1 amide bonds. The lowest BCUT2D eigenvalue weighted by Gasteiger charge is -2.19. The first-order valence-electron chi connectivity index (χ1n) is 7.54. The second-order valence-electron chi connectivity index (χ2n) is 6.21. The average molecular weight is 333 g/mol. The number of carboxylic acid groups (broad SMARTS) is 1. The highest BCUT2D eigenvalue weighted by molar-refractivity contribution is 5.91. The Morgan fingerprint density at radius 3 is 2.67 bits per heavy atom. The van der Waals surface area contributed by atoms with Gasteiger partial charge in [0.2, 0.25) is 5.91 Å². The molecular weight excluding hydrogens is 313 g/mol. The smallest absolute Gasteiger partial charge is 0.331 e. The fraction of sp³-hybridized carbons (Fsp3) is 0.353. The van der Waals surface area contributed by atoms with Crippen LogP contribution in [-0.4, -0.2) is 26.8 Å². The lowest BCUT2D eigenvalue weighted by molar-refractivity contribution is -0.146. The maximum absolute atomic E-state index is 13.7. The summed E-state index contributed by atoms with van der Waals surface area (Å²) in [6.07, 6.45) is 2.95. The Bertz CT molecular complexity index is 755. The van der Waals surface area contributed by atoms with Gasteiger partial charge in [0.25, 0.3) is 0 Å². The van der Waals surface area contributed by atoms with Gasteiger partial charge < -0.3 is 10.4 Å². The van der Waals surface area contributed by atoms with Crippen molar-refractivity contribution >= 4 is 17.6 Å². The van der Waals surface area contributed by atoms with Crippen LogP contribution in [0.1, 0.15) is 38.7 Å². The van der Waals surface area contributed by atoms with Gasteiger partial charge in [0.1, 0.15) is 5.82 Å². The standard InChI is InChI=1S/C17H20FN3O3/c1-11(13-6-4-5-7-14(13)18)8-15(22)20-12-9-19-21(10-12)17(2,3)16(23)24/h4-7,9-11H,8H2,1-3H3,(H,20,22)(H,23,24). The third-order valence-corrected chi connectivity index (χ3v) is 3.89. The molecule has 1 heterocycles. The van der Waals surface area contributed by atoms with Crippen molar-refractivity contribution in [3.8, 4) is 0 Å². The maximum Gasteiger partial charge on any atom is 0.331 e. The van der Waals surface area contributed by atoms with Crippen molar-refractivity contribution in [2.24, 2.45) is 0 Å². The highest BCUT2D eigenvalue weighted by Crippen LogP contribution is 2.23. The molecule has 128 valence electrons. The van der Waals surface area contributed by atoms with Crippen LogP contribution < -0.4 is 5.32 Å². The van der Waals surface area contributed by atoms with Crippen LogP contribution in [0.2, 0.25) is 0 Å². The molecule has 24 heavy (non-hydrogen) atoms. The van der Waals surface area contributed by atoms with Gasteiger partial charge in [0, 0.05) is 12.6 Å². The number of amides is 1. The maximum atomic E-state index is 13.7. The van der Waals surface area contributed by atoms with Crippen LogP contribution in [0.25, 0.3) is 0 Å². The van der Waals surface area contributed by atoms with Gasteiger partial charge in [-0.15, -0.1) is 0 Å². The van der Waals surface area contributed by atoms with Crippen molar-refractivity contribution in [2.75, 3.05) is 5.32 Å². The van der Waals surface area contributed by atoms with E-state index in [0.29, 0.717) is 11.3 Å². The second kappa shape index (κ2) is 6.82. The number of nitrogens with one attached hydrogen (secondary N) is 1. The third kappa shape index (κ3) is 3.79. The molecule has 0 spiro atoms. The summed E-state index contributed by atoms with van der Waals surface area (Å²) in [6.45, 7) is 4.79.